The molecule has 0 spiro atoms. The SMILES string of the molecule is CC(C)(c1ccc(OCC(O)COc2ccc(C(C)(C)c3ccc(C4CO4)cc3)cc2)cc1)c1ccc(OCC2CO2)cc1. The maximum atomic E-state index is 10.5. The van der Waals surface area contributed by atoms with Crippen LogP contribution < -0.4 is 14.2 Å². The van der Waals surface area contributed by atoms with Crippen LogP contribution in [0.1, 0.15) is 61.6 Å². The van der Waals surface area contributed by atoms with Crippen LogP contribution in [0.4, 0.5) is 0 Å². The quantitative estimate of drug-likeness (QED) is 0.158. The molecule has 2 aliphatic heterocycles. The molecule has 2 fully saturated rings. The minimum absolute atomic E-state index is 0.142. The van der Waals surface area contributed by atoms with Crippen molar-refractivity contribution in [2.45, 2.75) is 56.8 Å². The molecule has 2 aliphatic rings. The molecular formula is C38H42O6. The summed E-state index contributed by atoms with van der Waals surface area (Å²) in [6, 6.07) is 33.1. The predicted molar refractivity (Wildman–Crippen MR) is 171 cm³/mol. The Morgan fingerprint density at radius 3 is 1.32 bits per heavy atom. The maximum Gasteiger partial charge on any atom is 0.122 e. The minimum atomic E-state index is -0.761. The van der Waals surface area contributed by atoms with Crippen LogP contribution in [0.3, 0.4) is 0 Å². The van der Waals surface area contributed by atoms with Crippen LogP contribution in [0.2, 0.25) is 0 Å². The van der Waals surface area contributed by atoms with E-state index in [1.54, 1.807) is 0 Å². The van der Waals surface area contributed by atoms with Gasteiger partial charge in [-0.15, -0.1) is 0 Å². The molecule has 6 nitrogen and oxygen atoms in total. The summed E-state index contributed by atoms with van der Waals surface area (Å²) >= 11 is 0. The summed E-state index contributed by atoms with van der Waals surface area (Å²) in [5, 5.41) is 10.5. The zero-order chi connectivity index (χ0) is 30.7. The minimum Gasteiger partial charge on any atom is -0.491 e. The molecule has 44 heavy (non-hydrogen) atoms. The van der Waals surface area contributed by atoms with E-state index >= 15 is 0 Å². The molecule has 1 N–H and O–H groups in total. The second kappa shape index (κ2) is 12.6. The lowest BCUT2D eigenvalue weighted by Crippen LogP contribution is -2.25. The van der Waals surface area contributed by atoms with E-state index in [9.17, 15) is 5.11 Å². The number of hydrogen-bond donors (Lipinski definition) is 1. The standard InChI is InChI=1S/C38H42O6/c1-37(2,27-7-5-26(6-8-27)36-25-44-36)28-9-15-32(16-10-28)40-21-31(39)22-41-33-17-11-29(12-18-33)38(3,4)30-13-19-34(20-14-30)42-23-35-24-43-35/h5-20,31,35-36,39H,21-25H2,1-4H3. The van der Waals surface area contributed by atoms with E-state index in [-0.39, 0.29) is 36.3 Å². The summed E-state index contributed by atoms with van der Waals surface area (Å²) in [7, 11) is 0. The fraction of sp³-hybridized carbons (Fsp3) is 0.368. The van der Waals surface area contributed by atoms with Crippen LogP contribution in [0, 0.1) is 0 Å². The van der Waals surface area contributed by atoms with Crippen molar-refractivity contribution in [2.24, 2.45) is 0 Å². The van der Waals surface area contributed by atoms with Crippen molar-refractivity contribution in [3.8, 4) is 17.2 Å². The Balaban J connectivity index is 0.965. The van der Waals surface area contributed by atoms with Crippen LogP contribution in [0.15, 0.2) is 97.1 Å². The van der Waals surface area contributed by atoms with Gasteiger partial charge in [-0.3, -0.25) is 0 Å². The van der Waals surface area contributed by atoms with E-state index in [4.69, 9.17) is 23.7 Å². The topological polar surface area (TPSA) is 73.0 Å². The van der Waals surface area contributed by atoms with Gasteiger partial charge in [0.15, 0.2) is 0 Å². The van der Waals surface area contributed by atoms with E-state index < -0.39 is 6.10 Å². The second-order valence-corrected chi connectivity index (χ2v) is 12.8. The largest absolute Gasteiger partial charge is 0.491 e. The molecule has 4 aromatic carbocycles. The van der Waals surface area contributed by atoms with E-state index in [1.807, 2.05) is 36.4 Å². The summed E-state index contributed by atoms with van der Waals surface area (Å²) in [6.07, 6.45) is -0.248. The number of benzene rings is 4. The zero-order valence-corrected chi connectivity index (χ0v) is 26.0. The summed E-state index contributed by atoms with van der Waals surface area (Å²) in [5.74, 6) is 2.28. The van der Waals surface area contributed by atoms with E-state index in [2.05, 4.69) is 88.4 Å². The molecule has 0 aliphatic carbocycles. The van der Waals surface area contributed by atoms with Gasteiger partial charge < -0.3 is 28.8 Å². The summed E-state index contributed by atoms with van der Waals surface area (Å²) in [5.41, 5.74) is 5.71. The maximum absolute atomic E-state index is 10.5. The molecule has 3 atom stereocenters. The molecule has 0 amide bonds. The molecule has 0 bridgehead atoms. The van der Waals surface area contributed by atoms with Gasteiger partial charge in [0.2, 0.25) is 0 Å². The Morgan fingerprint density at radius 1 is 0.591 bits per heavy atom. The third-order valence-electron chi connectivity index (χ3n) is 8.79. The lowest BCUT2D eigenvalue weighted by molar-refractivity contribution is 0.0626. The van der Waals surface area contributed by atoms with Crippen molar-refractivity contribution < 1.29 is 28.8 Å². The highest BCUT2D eigenvalue weighted by Crippen LogP contribution is 2.36. The Hall–Kier alpha value is -3.84. The highest BCUT2D eigenvalue weighted by molar-refractivity contribution is 5.43. The normalized spacial score (nSPS) is 18.4. The third kappa shape index (κ3) is 7.27. The Bertz CT molecular complexity index is 1500. The molecule has 0 saturated carbocycles. The van der Waals surface area contributed by atoms with Crippen LogP contribution in [0.5, 0.6) is 17.2 Å². The molecular weight excluding hydrogens is 552 g/mol. The summed E-state index contributed by atoms with van der Waals surface area (Å²) < 4.78 is 28.1. The fourth-order valence-corrected chi connectivity index (χ4v) is 5.38. The van der Waals surface area contributed by atoms with Crippen LogP contribution in [-0.4, -0.2) is 50.3 Å². The highest BCUT2D eigenvalue weighted by Gasteiger charge is 2.28. The molecule has 230 valence electrons. The van der Waals surface area contributed by atoms with E-state index in [0.717, 1.165) is 19.0 Å². The average Bonchev–Trinajstić information content (AvgIpc) is 3.98. The Morgan fingerprint density at radius 2 is 0.955 bits per heavy atom. The molecule has 6 rings (SSSR count). The molecule has 6 heteroatoms. The number of epoxide rings is 2. The van der Waals surface area contributed by atoms with E-state index in [0.29, 0.717) is 18.1 Å². The third-order valence-corrected chi connectivity index (χ3v) is 8.79. The first-order valence-corrected chi connectivity index (χ1v) is 15.4. The number of ether oxygens (including phenoxy) is 5. The zero-order valence-electron chi connectivity index (χ0n) is 26.0. The van der Waals surface area contributed by atoms with Gasteiger partial charge in [-0.1, -0.05) is 88.4 Å². The van der Waals surface area contributed by atoms with Crippen LogP contribution in [-0.2, 0) is 20.3 Å². The fourth-order valence-electron chi connectivity index (χ4n) is 5.38. The number of hydrogen-bond acceptors (Lipinski definition) is 6. The van der Waals surface area contributed by atoms with Crippen molar-refractivity contribution in [2.75, 3.05) is 33.0 Å². The first-order chi connectivity index (χ1) is 21.2. The number of aliphatic hydroxyl groups excluding tert-OH is 1. The Labute approximate surface area is 260 Å². The molecule has 0 aromatic heterocycles. The van der Waals surface area contributed by atoms with Gasteiger partial charge >= 0.3 is 0 Å². The van der Waals surface area contributed by atoms with Crippen molar-refractivity contribution in [3.63, 3.8) is 0 Å². The first-order valence-electron chi connectivity index (χ1n) is 15.4. The van der Waals surface area contributed by atoms with Gasteiger partial charge in [-0.2, -0.15) is 0 Å². The molecule has 2 heterocycles. The van der Waals surface area contributed by atoms with Crippen molar-refractivity contribution in [1.82, 2.24) is 0 Å². The molecule has 0 radical (unpaired) electrons. The van der Waals surface area contributed by atoms with E-state index in [1.165, 1.54) is 27.8 Å². The van der Waals surface area contributed by atoms with Crippen LogP contribution in [0.25, 0.3) is 0 Å². The second-order valence-electron chi connectivity index (χ2n) is 12.8. The van der Waals surface area contributed by atoms with Gasteiger partial charge in [0.25, 0.3) is 0 Å². The average molecular weight is 595 g/mol. The van der Waals surface area contributed by atoms with Crippen LogP contribution >= 0.6 is 0 Å². The molecule has 3 unspecified atom stereocenters. The van der Waals surface area contributed by atoms with Gasteiger partial charge in [0.05, 0.1) is 13.2 Å². The van der Waals surface area contributed by atoms with Gasteiger partial charge in [0.1, 0.15) is 55.4 Å². The smallest absolute Gasteiger partial charge is 0.122 e. The summed E-state index contributed by atoms with van der Waals surface area (Å²) in [4.78, 5) is 0. The first kappa shape index (κ1) is 30.2. The Kier molecular flexibility index (Phi) is 8.68. The van der Waals surface area contributed by atoms with Crippen molar-refractivity contribution >= 4 is 0 Å². The highest BCUT2D eigenvalue weighted by atomic mass is 16.6. The van der Waals surface area contributed by atoms with Crippen molar-refractivity contribution in [1.29, 1.82) is 0 Å². The van der Waals surface area contributed by atoms with Gasteiger partial charge in [-0.25, -0.2) is 0 Å². The number of rotatable bonds is 14. The lowest BCUT2D eigenvalue weighted by atomic mass is 9.78. The van der Waals surface area contributed by atoms with Gasteiger partial charge in [0, 0.05) is 10.8 Å². The van der Waals surface area contributed by atoms with Crippen molar-refractivity contribution in [3.05, 3.63) is 125 Å². The monoisotopic (exact) mass is 594 g/mol. The molecule has 4 aromatic rings. The number of aliphatic hydroxyl groups is 1. The van der Waals surface area contributed by atoms with Gasteiger partial charge in [-0.05, 0) is 64.2 Å². The predicted octanol–water partition coefficient (Wildman–Crippen LogP) is 7.01. The molecule has 2 saturated heterocycles. The summed E-state index contributed by atoms with van der Waals surface area (Å²) in [6.45, 7) is 11.3. The lowest BCUT2D eigenvalue weighted by Gasteiger charge is -2.26.